The molecule has 0 aromatic heterocycles. The van der Waals surface area contributed by atoms with Crippen LogP contribution in [0.3, 0.4) is 0 Å². The van der Waals surface area contributed by atoms with Gasteiger partial charge in [-0.1, -0.05) is 26.5 Å². The van der Waals surface area contributed by atoms with Crippen LogP contribution in [0, 0.1) is 22.7 Å². The third-order valence-corrected chi connectivity index (χ3v) is 5.01. The average molecular weight is 261 g/mol. The minimum Gasteiger partial charge on any atom is -0.545 e. The van der Waals surface area contributed by atoms with Crippen LogP contribution in [0.25, 0.3) is 0 Å². The highest BCUT2D eigenvalue weighted by atomic mass is 16.5. The van der Waals surface area contributed by atoms with Crippen molar-refractivity contribution in [3.05, 3.63) is 23.8 Å². The summed E-state index contributed by atoms with van der Waals surface area (Å²) >= 11 is 0. The van der Waals surface area contributed by atoms with Crippen LogP contribution in [0.15, 0.2) is 23.8 Å². The van der Waals surface area contributed by atoms with Gasteiger partial charge < -0.3 is 14.6 Å². The zero-order chi connectivity index (χ0) is 14.0. The molecule has 0 amide bonds. The van der Waals surface area contributed by atoms with E-state index in [4.69, 9.17) is 4.74 Å². The summed E-state index contributed by atoms with van der Waals surface area (Å²) in [5.41, 5.74) is 0.340. The van der Waals surface area contributed by atoms with Crippen molar-refractivity contribution in [1.29, 1.82) is 0 Å². The molecule has 1 saturated heterocycles. The maximum absolute atomic E-state index is 11.9. The summed E-state index contributed by atoms with van der Waals surface area (Å²) in [6, 6.07) is 0. The Kier molecular flexibility index (Phi) is 2.29. The molecule has 0 unspecified atom stereocenters. The molecule has 4 nitrogen and oxygen atoms in total. The van der Waals surface area contributed by atoms with Crippen molar-refractivity contribution in [2.45, 2.75) is 26.7 Å². The Labute approximate surface area is 112 Å². The van der Waals surface area contributed by atoms with Crippen molar-refractivity contribution in [2.75, 3.05) is 6.61 Å². The Morgan fingerprint density at radius 3 is 2.84 bits per heavy atom. The number of hydrogen-bond donors (Lipinski definition) is 0. The summed E-state index contributed by atoms with van der Waals surface area (Å²) in [6.07, 6.45) is 3.42. The lowest BCUT2D eigenvalue weighted by atomic mass is 9.64. The van der Waals surface area contributed by atoms with Crippen molar-refractivity contribution in [2.24, 2.45) is 22.7 Å². The van der Waals surface area contributed by atoms with E-state index >= 15 is 0 Å². The molecule has 2 aliphatic carbocycles. The largest absolute Gasteiger partial charge is 0.545 e. The van der Waals surface area contributed by atoms with Crippen LogP contribution in [-0.4, -0.2) is 18.5 Å². The number of allylic oxidation sites excluding steroid dienone is 1. The van der Waals surface area contributed by atoms with Gasteiger partial charge in [0, 0.05) is 16.9 Å². The first kappa shape index (κ1) is 12.5. The van der Waals surface area contributed by atoms with E-state index in [0.717, 1.165) is 12.8 Å². The van der Waals surface area contributed by atoms with Gasteiger partial charge in [0.2, 0.25) is 0 Å². The quantitative estimate of drug-likeness (QED) is 0.518. The molecule has 2 fully saturated rings. The van der Waals surface area contributed by atoms with E-state index in [0.29, 0.717) is 5.57 Å². The Morgan fingerprint density at radius 1 is 1.53 bits per heavy atom. The van der Waals surface area contributed by atoms with Gasteiger partial charge >= 0.3 is 5.97 Å². The molecule has 102 valence electrons. The van der Waals surface area contributed by atoms with Gasteiger partial charge in [0.1, 0.15) is 0 Å². The minimum atomic E-state index is -1.15. The standard InChI is InChI=1S/C15H18O4/c1-8-13(18)19-6-11-10(12(16)17)4-9-5-14(2,3)7-15(8,9)11/h4,9,11H,1,5-7H2,2-3H3,(H,16,17)/p-1/t9-,11+,15-/m1/s1. The number of carboxylic acid groups (broad SMARTS) is 1. The van der Waals surface area contributed by atoms with Crippen LogP contribution in [0.1, 0.15) is 26.7 Å². The Bertz CT molecular complexity index is 528. The van der Waals surface area contributed by atoms with E-state index in [-0.39, 0.29) is 35.4 Å². The molecule has 0 radical (unpaired) electrons. The minimum absolute atomic E-state index is 0.0562. The Hall–Kier alpha value is -1.58. The maximum atomic E-state index is 11.9. The first-order valence-corrected chi connectivity index (χ1v) is 6.57. The van der Waals surface area contributed by atoms with Crippen molar-refractivity contribution in [3.8, 4) is 0 Å². The summed E-state index contributed by atoms with van der Waals surface area (Å²) < 4.78 is 5.09. The van der Waals surface area contributed by atoms with Crippen molar-refractivity contribution in [3.63, 3.8) is 0 Å². The van der Waals surface area contributed by atoms with Crippen molar-refractivity contribution < 1.29 is 19.4 Å². The van der Waals surface area contributed by atoms with Crippen LogP contribution in [0.5, 0.6) is 0 Å². The van der Waals surface area contributed by atoms with E-state index in [1.807, 2.05) is 0 Å². The second-order valence-electron chi connectivity index (χ2n) is 6.73. The number of hydrogen-bond acceptors (Lipinski definition) is 4. The van der Waals surface area contributed by atoms with Crippen LogP contribution in [0.4, 0.5) is 0 Å². The molecule has 1 aliphatic heterocycles. The fraction of sp³-hybridized carbons (Fsp3) is 0.600. The normalized spacial score (nSPS) is 39.4. The second kappa shape index (κ2) is 3.50. The molecule has 0 aromatic carbocycles. The van der Waals surface area contributed by atoms with Crippen LogP contribution >= 0.6 is 0 Å². The third-order valence-electron chi connectivity index (χ3n) is 5.01. The van der Waals surface area contributed by atoms with Gasteiger partial charge in [-0.3, -0.25) is 0 Å². The first-order valence-electron chi connectivity index (χ1n) is 6.57. The number of aliphatic carboxylic acids is 1. The molecule has 1 spiro atoms. The smallest absolute Gasteiger partial charge is 0.334 e. The molecule has 3 atom stereocenters. The average Bonchev–Trinajstić information content (AvgIpc) is 2.72. The van der Waals surface area contributed by atoms with E-state index in [1.54, 1.807) is 6.08 Å². The molecular weight excluding hydrogens is 244 g/mol. The number of carboxylic acids is 1. The van der Waals surface area contributed by atoms with Gasteiger partial charge in [-0.15, -0.1) is 0 Å². The second-order valence-corrected chi connectivity index (χ2v) is 6.73. The van der Waals surface area contributed by atoms with Crippen LogP contribution < -0.4 is 5.11 Å². The summed E-state index contributed by atoms with van der Waals surface area (Å²) in [7, 11) is 0. The number of cyclic esters (lactones) is 1. The lowest BCUT2D eigenvalue weighted by molar-refractivity contribution is -0.300. The fourth-order valence-electron chi connectivity index (χ4n) is 4.40. The van der Waals surface area contributed by atoms with Crippen molar-refractivity contribution >= 4 is 11.9 Å². The summed E-state index contributed by atoms with van der Waals surface area (Å²) in [5.74, 6) is -1.77. The van der Waals surface area contributed by atoms with Crippen molar-refractivity contribution in [1.82, 2.24) is 0 Å². The van der Waals surface area contributed by atoms with Crippen LogP contribution in [-0.2, 0) is 14.3 Å². The Balaban J connectivity index is 2.12. The zero-order valence-electron chi connectivity index (χ0n) is 11.2. The number of ether oxygens (including phenoxy) is 1. The SMILES string of the molecule is C=C1C(=O)OC[C@H]2C(C(=O)[O-])=C[C@@H]3CC(C)(C)C[C@@]132. The maximum Gasteiger partial charge on any atom is 0.334 e. The summed E-state index contributed by atoms with van der Waals surface area (Å²) in [6.45, 7) is 8.34. The molecule has 3 aliphatic rings. The molecule has 3 rings (SSSR count). The first-order chi connectivity index (χ1) is 8.78. The molecule has 0 bridgehead atoms. The molecule has 1 saturated carbocycles. The van der Waals surface area contributed by atoms with Gasteiger partial charge in [0.15, 0.2) is 0 Å². The lowest BCUT2D eigenvalue weighted by Crippen LogP contribution is -2.45. The van der Waals surface area contributed by atoms with Gasteiger partial charge in [-0.05, 0) is 29.7 Å². The molecule has 0 N–H and O–H groups in total. The molecule has 19 heavy (non-hydrogen) atoms. The summed E-state index contributed by atoms with van der Waals surface area (Å²) in [5, 5.41) is 11.3. The predicted molar refractivity (Wildman–Crippen MR) is 65.6 cm³/mol. The van der Waals surface area contributed by atoms with Gasteiger partial charge in [0.05, 0.1) is 12.6 Å². The number of esters is 1. The van der Waals surface area contributed by atoms with Gasteiger partial charge in [0.25, 0.3) is 0 Å². The highest BCUT2D eigenvalue weighted by Gasteiger charge is 2.62. The zero-order valence-corrected chi connectivity index (χ0v) is 11.2. The van der Waals surface area contributed by atoms with E-state index in [9.17, 15) is 14.7 Å². The number of carbonyl (C=O) groups excluding carboxylic acids is 2. The lowest BCUT2D eigenvalue weighted by Gasteiger charge is -2.42. The number of rotatable bonds is 1. The summed E-state index contributed by atoms with van der Waals surface area (Å²) in [4.78, 5) is 23.1. The number of carbonyl (C=O) groups is 2. The van der Waals surface area contributed by atoms with E-state index < -0.39 is 11.4 Å². The molecule has 0 aromatic rings. The fourth-order valence-corrected chi connectivity index (χ4v) is 4.40. The Morgan fingerprint density at radius 2 is 2.21 bits per heavy atom. The van der Waals surface area contributed by atoms with Gasteiger partial charge in [-0.25, -0.2) is 4.79 Å². The highest BCUT2D eigenvalue weighted by Crippen LogP contribution is 2.66. The topological polar surface area (TPSA) is 66.4 Å². The van der Waals surface area contributed by atoms with Gasteiger partial charge in [-0.2, -0.15) is 0 Å². The van der Waals surface area contributed by atoms with Crippen LogP contribution in [0.2, 0.25) is 0 Å². The molecular formula is C15H17O4-. The highest BCUT2D eigenvalue weighted by molar-refractivity contribution is 5.94. The van der Waals surface area contributed by atoms with E-state index in [1.165, 1.54) is 0 Å². The third kappa shape index (κ3) is 1.46. The molecule has 1 heterocycles. The predicted octanol–water partition coefficient (Wildman–Crippen LogP) is 0.828. The van der Waals surface area contributed by atoms with E-state index in [2.05, 4.69) is 20.4 Å². The monoisotopic (exact) mass is 261 g/mol. The molecule has 4 heteroatoms.